The van der Waals surface area contributed by atoms with E-state index in [-0.39, 0.29) is 0 Å². The zero-order valence-electron chi connectivity index (χ0n) is 16.3. The maximum atomic E-state index is 5.83. The SMILES string of the molecule is Cc1ccc(-c2nnc(CNC(C)CN3CCc4ccccc4C3)o2)n1C. The zero-order chi connectivity index (χ0) is 18.8. The molecule has 4 rings (SSSR count). The summed E-state index contributed by atoms with van der Waals surface area (Å²) in [5.41, 5.74) is 5.06. The minimum absolute atomic E-state index is 0.350. The molecule has 1 unspecified atom stereocenters. The van der Waals surface area contributed by atoms with Gasteiger partial charge in [0.2, 0.25) is 5.89 Å². The molecule has 0 aliphatic carbocycles. The number of fused-ring (bicyclic) bond motifs is 1. The average molecular weight is 365 g/mol. The van der Waals surface area contributed by atoms with Crippen molar-refractivity contribution in [1.82, 2.24) is 25.0 Å². The van der Waals surface area contributed by atoms with E-state index >= 15 is 0 Å². The first kappa shape index (κ1) is 17.9. The predicted molar refractivity (Wildman–Crippen MR) is 105 cm³/mol. The molecule has 1 aliphatic rings. The van der Waals surface area contributed by atoms with Crippen LogP contribution >= 0.6 is 0 Å². The van der Waals surface area contributed by atoms with Crippen molar-refractivity contribution in [3.8, 4) is 11.6 Å². The van der Waals surface area contributed by atoms with Crippen LogP contribution in [0.25, 0.3) is 11.6 Å². The van der Waals surface area contributed by atoms with E-state index in [9.17, 15) is 0 Å². The molecule has 3 heterocycles. The highest BCUT2D eigenvalue weighted by Gasteiger charge is 2.18. The Morgan fingerprint density at radius 3 is 2.74 bits per heavy atom. The molecule has 0 spiro atoms. The fraction of sp³-hybridized carbons (Fsp3) is 0.429. The smallest absolute Gasteiger partial charge is 0.264 e. The van der Waals surface area contributed by atoms with Gasteiger partial charge in [0.1, 0.15) is 5.69 Å². The van der Waals surface area contributed by atoms with Gasteiger partial charge in [-0.25, -0.2) is 0 Å². The quantitative estimate of drug-likeness (QED) is 0.728. The van der Waals surface area contributed by atoms with Crippen LogP contribution in [0.2, 0.25) is 0 Å². The Kier molecular flexibility index (Phi) is 5.09. The van der Waals surface area contributed by atoms with Gasteiger partial charge in [-0.05, 0) is 43.5 Å². The van der Waals surface area contributed by atoms with Crippen LogP contribution in [-0.2, 0) is 26.6 Å². The lowest BCUT2D eigenvalue weighted by atomic mass is 10.00. The summed E-state index contributed by atoms with van der Waals surface area (Å²) < 4.78 is 7.89. The Morgan fingerprint density at radius 2 is 1.96 bits per heavy atom. The molecule has 0 radical (unpaired) electrons. The minimum atomic E-state index is 0.350. The molecule has 0 bridgehead atoms. The number of aryl methyl sites for hydroxylation is 1. The van der Waals surface area contributed by atoms with Crippen LogP contribution in [0, 0.1) is 6.92 Å². The third-order valence-corrected chi connectivity index (χ3v) is 5.40. The summed E-state index contributed by atoms with van der Waals surface area (Å²) >= 11 is 0. The molecular formula is C21H27N5O. The van der Waals surface area contributed by atoms with Crippen LogP contribution < -0.4 is 5.32 Å². The molecule has 0 saturated carbocycles. The number of hydrogen-bond donors (Lipinski definition) is 1. The number of nitrogens with one attached hydrogen (secondary N) is 1. The van der Waals surface area contributed by atoms with Crippen molar-refractivity contribution in [3.05, 3.63) is 59.1 Å². The number of rotatable bonds is 6. The van der Waals surface area contributed by atoms with Crippen molar-refractivity contribution in [2.45, 2.75) is 39.4 Å². The summed E-state index contributed by atoms with van der Waals surface area (Å²) in [7, 11) is 2.01. The Morgan fingerprint density at radius 1 is 1.15 bits per heavy atom. The highest BCUT2D eigenvalue weighted by Crippen LogP contribution is 2.20. The zero-order valence-corrected chi connectivity index (χ0v) is 16.3. The van der Waals surface area contributed by atoms with Gasteiger partial charge in [-0.3, -0.25) is 4.90 Å². The number of nitrogens with zero attached hydrogens (tertiary/aromatic N) is 4. The lowest BCUT2D eigenvalue weighted by molar-refractivity contribution is 0.227. The monoisotopic (exact) mass is 365 g/mol. The Bertz CT molecular complexity index is 913. The van der Waals surface area contributed by atoms with Crippen LogP contribution in [0.5, 0.6) is 0 Å². The topological polar surface area (TPSA) is 59.1 Å². The molecule has 1 aromatic carbocycles. The second-order valence-electron chi connectivity index (χ2n) is 7.46. The molecular weight excluding hydrogens is 338 g/mol. The molecule has 3 aromatic rings. The summed E-state index contributed by atoms with van der Waals surface area (Å²) in [5.74, 6) is 1.20. The Balaban J connectivity index is 1.30. The molecule has 0 amide bonds. The van der Waals surface area contributed by atoms with E-state index in [1.165, 1.54) is 16.8 Å². The highest BCUT2D eigenvalue weighted by molar-refractivity contribution is 5.48. The number of aromatic nitrogens is 3. The van der Waals surface area contributed by atoms with Crippen molar-refractivity contribution >= 4 is 0 Å². The van der Waals surface area contributed by atoms with Crippen molar-refractivity contribution in [1.29, 1.82) is 0 Å². The molecule has 1 aliphatic heterocycles. The lowest BCUT2D eigenvalue weighted by Crippen LogP contribution is -2.41. The average Bonchev–Trinajstić information content (AvgIpc) is 3.27. The van der Waals surface area contributed by atoms with Gasteiger partial charge < -0.3 is 14.3 Å². The predicted octanol–water partition coefficient (Wildman–Crippen LogP) is 2.92. The minimum Gasteiger partial charge on any atom is -0.418 e. The molecule has 1 atom stereocenters. The van der Waals surface area contributed by atoms with Crippen LogP contribution in [0.15, 0.2) is 40.8 Å². The first-order valence-electron chi connectivity index (χ1n) is 9.58. The third-order valence-electron chi connectivity index (χ3n) is 5.40. The second kappa shape index (κ2) is 7.66. The van der Waals surface area contributed by atoms with E-state index in [1.54, 1.807) is 0 Å². The van der Waals surface area contributed by atoms with Gasteiger partial charge in [-0.2, -0.15) is 0 Å². The van der Waals surface area contributed by atoms with Crippen LogP contribution in [0.4, 0.5) is 0 Å². The maximum Gasteiger partial charge on any atom is 0.264 e. The van der Waals surface area contributed by atoms with E-state index in [0.29, 0.717) is 24.4 Å². The first-order chi connectivity index (χ1) is 13.1. The van der Waals surface area contributed by atoms with Crippen LogP contribution in [-0.4, -0.2) is 38.8 Å². The fourth-order valence-corrected chi connectivity index (χ4v) is 3.68. The molecule has 6 nitrogen and oxygen atoms in total. The maximum absolute atomic E-state index is 5.83. The van der Waals surface area contributed by atoms with Gasteiger partial charge >= 0.3 is 0 Å². The summed E-state index contributed by atoms with van der Waals surface area (Å²) in [6.07, 6.45) is 1.13. The third kappa shape index (κ3) is 3.96. The van der Waals surface area contributed by atoms with Gasteiger partial charge in [0.25, 0.3) is 5.89 Å². The fourth-order valence-electron chi connectivity index (χ4n) is 3.68. The van der Waals surface area contributed by atoms with E-state index < -0.39 is 0 Å². The molecule has 27 heavy (non-hydrogen) atoms. The van der Waals surface area contributed by atoms with Crippen LogP contribution in [0.3, 0.4) is 0 Å². The molecule has 0 saturated heterocycles. The lowest BCUT2D eigenvalue weighted by Gasteiger charge is -2.31. The van der Waals surface area contributed by atoms with Gasteiger partial charge in [-0.15, -0.1) is 10.2 Å². The van der Waals surface area contributed by atoms with E-state index in [4.69, 9.17) is 4.42 Å². The summed E-state index contributed by atoms with van der Waals surface area (Å²) in [6, 6.07) is 13.2. The molecule has 6 heteroatoms. The van der Waals surface area contributed by atoms with Gasteiger partial charge in [0.05, 0.1) is 6.54 Å². The van der Waals surface area contributed by atoms with Gasteiger partial charge in [0.15, 0.2) is 0 Å². The summed E-state index contributed by atoms with van der Waals surface area (Å²) in [5, 5.41) is 11.9. The Labute approximate surface area is 160 Å². The van der Waals surface area contributed by atoms with Crippen LogP contribution in [0.1, 0.15) is 29.6 Å². The largest absolute Gasteiger partial charge is 0.418 e. The van der Waals surface area contributed by atoms with E-state index in [0.717, 1.165) is 31.7 Å². The van der Waals surface area contributed by atoms with Gasteiger partial charge in [0, 0.05) is 38.4 Å². The molecule has 1 N–H and O–H groups in total. The van der Waals surface area contributed by atoms with Crippen molar-refractivity contribution in [2.75, 3.05) is 13.1 Å². The molecule has 2 aromatic heterocycles. The van der Waals surface area contributed by atoms with Gasteiger partial charge in [-0.1, -0.05) is 24.3 Å². The normalized spacial score (nSPS) is 15.7. The second-order valence-corrected chi connectivity index (χ2v) is 7.46. The van der Waals surface area contributed by atoms with Crippen molar-refractivity contribution in [2.24, 2.45) is 7.05 Å². The molecule has 0 fully saturated rings. The van der Waals surface area contributed by atoms with E-state index in [1.807, 2.05) is 13.1 Å². The number of benzene rings is 1. The summed E-state index contributed by atoms with van der Waals surface area (Å²) in [4.78, 5) is 2.51. The Hall–Kier alpha value is -2.44. The standard InChI is InChI=1S/C21H27N5O/c1-15(13-26-11-10-17-6-4-5-7-18(17)14-26)22-12-20-23-24-21(27-20)19-9-8-16(2)25(19)3/h4-9,15,22H,10-14H2,1-3H3. The summed E-state index contributed by atoms with van der Waals surface area (Å²) in [6.45, 7) is 8.00. The first-order valence-corrected chi connectivity index (χ1v) is 9.58. The highest BCUT2D eigenvalue weighted by atomic mass is 16.4. The number of hydrogen-bond acceptors (Lipinski definition) is 5. The van der Waals surface area contributed by atoms with Crippen molar-refractivity contribution in [3.63, 3.8) is 0 Å². The van der Waals surface area contributed by atoms with Crippen molar-refractivity contribution < 1.29 is 4.42 Å². The van der Waals surface area contributed by atoms with E-state index in [2.05, 4.69) is 69.2 Å². The molecule has 142 valence electrons.